The second-order valence-electron chi connectivity index (χ2n) is 2.29. The summed E-state index contributed by atoms with van der Waals surface area (Å²) in [6.07, 6.45) is -1.09. The van der Waals surface area contributed by atoms with Crippen LogP contribution in [0.25, 0.3) is 0 Å². The molecule has 6 nitrogen and oxygen atoms in total. The van der Waals surface area contributed by atoms with Gasteiger partial charge in [0, 0.05) is 10.5 Å². The summed E-state index contributed by atoms with van der Waals surface area (Å²) < 4.78 is 4.95. The fourth-order valence-corrected chi connectivity index (χ4v) is 1.18. The second-order valence-corrected chi connectivity index (χ2v) is 3.21. The molecule has 0 spiro atoms. The number of amides is 1. The molecule has 0 unspecified atom stereocenters. The number of benzene rings is 1. The van der Waals surface area contributed by atoms with E-state index in [-0.39, 0.29) is 11.4 Å². The van der Waals surface area contributed by atoms with Crippen LogP contribution in [0, 0.1) is 10.1 Å². The number of rotatable bonds is 2. The van der Waals surface area contributed by atoms with E-state index in [1.807, 2.05) is 0 Å². The maximum Gasteiger partial charge on any atom is 0.410 e. The molecule has 0 saturated carbocycles. The van der Waals surface area contributed by atoms with Crippen molar-refractivity contribution in [2.24, 2.45) is 5.73 Å². The van der Waals surface area contributed by atoms with Gasteiger partial charge in [-0.25, -0.2) is 4.79 Å². The van der Waals surface area contributed by atoms with Crippen LogP contribution in [0.3, 0.4) is 0 Å². The first-order valence-electron chi connectivity index (χ1n) is 3.42. The van der Waals surface area contributed by atoms with Crippen LogP contribution in [-0.2, 0) is 0 Å². The lowest BCUT2D eigenvalue weighted by Gasteiger charge is -2.01. The van der Waals surface area contributed by atoms with Gasteiger partial charge in [-0.3, -0.25) is 10.1 Å². The highest BCUT2D eigenvalue weighted by atomic mass is 79.9. The van der Waals surface area contributed by atoms with Gasteiger partial charge >= 0.3 is 11.8 Å². The summed E-state index contributed by atoms with van der Waals surface area (Å²) in [5.74, 6) is -0.175. The number of nitrogens with two attached hydrogens (primary N) is 1. The molecule has 0 saturated heterocycles. The third-order valence-corrected chi connectivity index (χ3v) is 1.82. The Morgan fingerprint density at radius 3 is 2.71 bits per heavy atom. The number of nitrogens with zero attached hydrogens (tertiary/aromatic N) is 1. The minimum absolute atomic E-state index is 0.175. The number of nitro benzene ring substituents is 1. The zero-order valence-corrected chi connectivity index (χ0v) is 8.35. The van der Waals surface area contributed by atoms with Gasteiger partial charge in [0.2, 0.25) is 5.75 Å². The van der Waals surface area contributed by atoms with E-state index in [1.54, 1.807) is 0 Å². The molecule has 7 heteroatoms. The van der Waals surface area contributed by atoms with Gasteiger partial charge in [-0.05, 0) is 12.1 Å². The molecular weight excluding hydrogens is 256 g/mol. The molecule has 1 rings (SSSR count). The van der Waals surface area contributed by atoms with Gasteiger partial charge in [-0.15, -0.1) is 0 Å². The lowest BCUT2D eigenvalue weighted by atomic mass is 10.3. The monoisotopic (exact) mass is 260 g/mol. The van der Waals surface area contributed by atoms with Crippen LogP contribution in [0.5, 0.6) is 5.75 Å². The normalized spacial score (nSPS) is 9.50. The topological polar surface area (TPSA) is 95.5 Å². The Morgan fingerprint density at radius 1 is 1.57 bits per heavy atom. The van der Waals surface area contributed by atoms with Crippen molar-refractivity contribution in [3.63, 3.8) is 0 Å². The largest absolute Gasteiger partial charge is 0.410 e. The van der Waals surface area contributed by atoms with Gasteiger partial charge in [0.05, 0.1) is 4.92 Å². The van der Waals surface area contributed by atoms with E-state index in [4.69, 9.17) is 5.73 Å². The molecule has 1 aromatic carbocycles. The first-order chi connectivity index (χ1) is 6.50. The Hall–Kier alpha value is -1.63. The summed E-state index contributed by atoms with van der Waals surface area (Å²) in [5.41, 5.74) is 4.41. The predicted molar refractivity (Wildman–Crippen MR) is 51.0 cm³/mol. The van der Waals surface area contributed by atoms with Crippen molar-refractivity contribution < 1.29 is 14.5 Å². The fraction of sp³-hybridized carbons (Fsp3) is 0. The van der Waals surface area contributed by atoms with Crippen LogP contribution in [0.4, 0.5) is 10.5 Å². The standard InChI is InChI=1S/C7H5BrN2O4/c8-4-1-2-6(14-7(9)11)5(3-4)10(12)13/h1-3H,(H2,9,11). The number of primary amides is 1. The number of carbonyl (C=O) groups excluding carboxylic acids is 1. The van der Waals surface area contributed by atoms with Crippen molar-refractivity contribution in [2.75, 3.05) is 0 Å². The lowest BCUT2D eigenvalue weighted by Crippen LogP contribution is -2.16. The van der Waals surface area contributed by atoms with E-state index in [2.05, 4.69) is 20.7 Å². The fourth-order valence-electron chi connectivity index (χ4n) is 0.828. The average Bonchev–Trinajstić information content (AvgIpc) is 2.07. The number of halogens is 1. The molecule has 0 heterocycles. The van der Waals surface area contributed by atoms with Crippen LogP contribution in [-0.4, -0.2) is 11.0 Å². The van der Waals surface area contributed by atoms with E-state index in [1.165, 1.54) is 18.2 Å². The predicted octanol–water partition coefficient (Wildman–Crippen LogP) is 1.81. The van der Waals surface area contributed by atoms with Gasteiger partial charge < -0.3 is 10.5 Å². The highest BCUT2D eigenvalue weighted by molar-refractivity contribution is 9.10. The van der Waals surface area contributed by atoms with Crippen LogP contribution in [0.1, 0.15) is 0 Å². The Kier molecular flexibility index (Phi) is 3.03. The summed E-state index contributed by atoms with van der Waals surface area (Å²) in [5, 5.41) is 10.5. The van der Waals surface area contributed by atoms with E-state index in [9.17, 15) is 14.9 Å². The molecule has 1 aromatic rings. The Labute approximate surface area is 86.9 Å². The smallest absolute Gasteiger partial charge is 0.403 e. The van der Waals surface area contributed by atoms with E-state index < -0.39 is 11.0 Å². The summed E-state index contributed by atoms with van der Waals surface area (Å²) in [6.45, 7) is 0. The number of hydrogen-bond acceptors (Lipinski definition) is 4. The first-order valence-corrected chi connectivity index (χ1v) is 4.21. The quantitative estimate of drug-likeness (QED) is 0.648. The SMILES string of the molecule is NC(=O)Oc1ccc(Br)cc1[N+](=O)[O-]. The van der Waals surface area contributed by atoms with Crippen molar-refractivity contribution >= 4 is 27.7 Å². The van der Waals surface area contributed by atoms with E-state index in [0.717, 1.165) is 0 Å². The molecule has 0 radical (unpaired) electrons. The van der Waals surface area contributed by atoms with Crippen LogP contribution in [0.2, 0.25) is 0 Å². The van der Waals surface area contributed by atoms with Crippen molar-refractivity contribution in [1.82, 2.24) is 0 Å². The zero-order valence-electron chi connectivity index (χ0n) is 6.77. The zero-order chi connectivity index (χ0) is 10.7. The Bertz CT molecular complexity index is 393. The van der Waals surface area contributed by atoms with Gasteiger partial charge in [-0.2, -0.15) is 0 Å². The van der Waals surface area contributed by atoms with Crippen molar-refractivity contribution in [3.8, 4) is 5.75 Å². The Morgan fingerprint density at radius 2 is 2.21 bits per heavy atom. The molecule has 0 atom stereocenters. The second kappa shape index (κ2) is 4.05. The number of carbonyl (C=O) groups is 1. The summed E-state index contributed by atoms with van der Waals surface area (Å²) in [7, 11) is 0. The first kappa shape index (κ1) is 10.5. The van der Waals surface area contributed by atoms with Gasteiger partial charge in [0.25, 0.3) is 0 Å². The van der Waals surface area contributed by atoms with Gasteiger partial charge in [0.15, 0.2) is 0 Å². The molecule has 0 aliphatic rings. The summed E-state index contributed by atoms with van der Waals surface area (Å²) in [6, 6.07) is 4.01. The Balaban J connectivity index is 3.14. The highest BCUT2D eigenvalue weighted by Crippen LogP contribution is 2.29. The van der Waals surface area contributed by atoms with E-state index >= 15 is 0 Å². The van der Waals surface area contributed by atoms with Crippen LogP contribution >= 0.6 is 15.9 Å². The molecule has 0 aliphatic heterocycles. The van der Waals surface area contributed by atoms with Crippen LogP contribution < -0.4 is 10.5 Å². The van der Waals surface area contributed by atoms with Crippen molar-refractivity contribution in [3.05, 3.63) is 32.8 Å². The summed E-state index contributed by atoms with van der Waals surface area (Å²) in [4.78, 5) is 20.2. The summed E-state index contributed by atoms with van der Waals surface area (Å²) >= 11 is 3.05. The molecule has 14 heavy (non-hydrogen) atoms. The maximum absolute atomic E-state index is 10.5. The molecule has 74 valence electrons. The number of ether oxygens (including phenoxy) is 1. The maximum atomic E-state index is 10.5. The molecule has 0 aliphatic carbocycles. The van der Waals surface area contributed by atoms with Crippen LogP contribution in [0.15, 0.2) is 22.7 Å². The van der Waals surface area contributed by atoms with E-state index in [0.29, 0.717) is 4.47 Å². The molecule has 0 bridgehead atoms. The lowest BCUT2D eigenvalue weighted by molar-refractivity contribution is -0.385. The van der Waals surface area contributed by atoms with Crippen molar-refractivity contribution in [1.29, 1.82) is 0 Å². The third-order valence-electron chi connectivity index (χ3n) is 1.33. The van der Waals surface area contributed by atoms with Gasteiger partial charge in [-0.1, -0.05) is 15.9 Å². The molecule has 0 fully saturated rings. The van der Waals surface area contributed by atoms with Gasteiger partial charge in [0.1, 0.15) is 0 Å². The average molecular weight is 261 g/mol. The molecular formula is C7H5BrN2O4. The minimum atomic E-state index is -1.09. The molecule has 0 aromatic heterocycles. The molecule has 1 amide bonds. The minimum Gasteiger partial charge on any atom is -0.403 e. The third kappa shape index (κ3) is 2.43. The van der Waals surface area contributed by atoms with Crippen molar-refractivity contribution in [2.45, 2.75) is 0 Å². The highest BCUT2D eigenvalue weighted by Gasteiger charge is 2.16. The number of hydrogen-bond donors (Lipinski definition) is 1. The number of nitro groups is 1. The molecule has 2 N–H and O–H groups in total.